The molecule has 2 saturated heterocycles. The summed E-state index contributed by atoms with van der Waals surface area (Å²) in [4.78, 5) is 11.5. The van der Waals surface area contributed by atoms with E-state index >= 15 is 0 Å². The Labute approximate surface area is 121 Å². The molecule has 6 nitrogen and oxygen atoms in total. The maximum atomic E-state index is 11.6. The monoisotopic (exact) mass is 303 g/mol. The van der Waals surface area contributed by atoms with Gasteiger partial charge in [-0.25, -0.2) is 12.7 Å². The molecule has 7 heteroatoms. The van der Waals surface area contributed by atoms with Crippen LogP contribution in [0, 0.1) is 11.8 Å². The molecule has 2 aliphatic rings. The average molecular weight is 303 g/mol. The van der Waals surface area contributed by atoms with E-state index in [1.807, 2.05) is 0 Å². The maximum Gasteiger partial charge on any atom is 0.222 e. The molecule has 0 spiro atoms. The fourth-order valence-electron chi connectivity index (χ4n) is 3.42. The van der Waals surface area contributed by atoms with Crippen LogP contribution in [0.25, 0.3) is 0 Å². The van der Waals surface area contributed by atoms with Crippen molar-refractivity contribution in [3.8, 4) is 0 Å². The fraction of sp³-hybridized carbons (Fsp3) is 0.923. The molecule has 0 aromatic rings. The molecule has 0 aromatic carbocycles. The summed E-state index contributed by atoms with van der Waals surface area (Å²) in [6.07, 6.45) is 5.83. The minimum Gasteiger partial charge on any atom is -0.369 e. The highest BCUT2D eigenvalue weighted by atomic mass is 32.2. The van der Waals surface area contributed by atoms with Crippen LogP contribution in [0.3, 0.4) is 0 Å². The van der Waals surface area contributed by atoms with Gasteiger partial charge in [-0.05, 0) is 44.6 Å². The molecule has 0 radical (unpaired) electrons. The minimum atomic E-state index is -3.11. The quantitative estimate of drug-likeness (QED) is 0.758. The van der Waals surface area contributed by atoms with Gasteiger partial charge in [-0.2, -0.15) is 0 Å². The smallest absolute Gasteiger partial charge is 0.222 e. The standard InChI is InChI=1S/C13H25N3O3S/c1-20(18,19)16-7-3-4-10(9-16)8-12-11(13(14)17)5-2-6-15-12/h10-12,15H,2-9H2,1H3,(H2,14,17). The first-order valence-corrected chi connectivity index (χ1v) is 9.20. The van der Waals surface area contributed by atoms with Crippen LogP contribution < -0.4 is 11.1 Å². The molecule has 3 N–H and O–H groups in total. The number of nitrogens with two attached hydrogens (primary N) is 1. The Bertz CT molecular complexity index is 452. The Balaban J connectivity index is 1.96. The van der Waals surface area contributed by atoms with Crippen molar-refractivity contribution in [3.05, 3.63) is 0 Å². The zero-order chi connectivity index (χ0) is 14.8. The van der Waals surface area contributed by atoms with E-state index in [2.05, 4.69) is 5.32 Å². The van der Waals surface area contributed by atoms with E-state index in [4.69, 9.17) is 5.73 Å². The molecule has 0 saturated carbocycles. The molecule has 20 heavy (non-hydrogen) atoms. The summed E-state index contributed by atoms with van der Waals surface area (Å²) in [6.45, 7) is 2.10. The second-order valence-electron chi connectivity index (χ2n) is 6.08. The van der Waals surface area contributed by atoms with Crippen molar-refractivity contribution in [2.45, 2.75) is 38.1 Å². The number of carbonyl (C=O) groups excluding carboxylic acids is 1. The summed E-state index contributed by atoms with van der Waals surface area (Å²) in [5, 5.41) is 3.38. The van der Waals surface area contributed by atoms with E-state index in [0.717, 1.165) is 38.6 Å². The van der Waals surface area contributed by atoms with Crippen molar-refractivity contribution < 1.29 is 13.2 Å². The molecule has 2 rings (SSSR count). The number of amides is 1. The lowest BCUT2D eigenvalue weighted by atomic mass is 9.82. The zero-order valence-corrected chi connectivity index (χ0v) is 12.9. The van der Waals surface area contributed by atoms with E-state index < -0.39 is 10.0 Å². The molecule has 0 bridgehead atoms. The highest BCUT2D eigenvalue weighted by Gasteiger charge is 2.33. The Morgan fingerprint density at radius 2 is 2.10 bits per heavy atom. The van der Waals surface area contributed by atoms with E-state index in [9.17, 15) is 13.2 Å². The number of primary amides is 1. The van der Waals surface area contributed by atoms with Crippen LogP contribution in [0.1, 0.15) is 32.1 Å². The SMILES string of the molecule is CS(=O)(=O)N1CCCC(CC2NCCCC2C(N)=O)C1. The Morgan fingerprint density at radius 1 is 1.35 bits per heavy atom. The minimum absolute atomic E-state index is 0.103. The van der Waals surface area contributed by atoms with Gasteiger partial charge in [0.1, 0.15) is 0 Å². The lowest BCUT2D eigenvalue weighted by Crippen LogP contribution is -2.49. The van der Waals surface area contributed by atoms with Crippen molar-refractivity contribution in [2.75, 3.05) is 25.9 Å². The lowest BCUT2D eigenvalue weighted by Gasteiger charge is -2.36. The van der Waals surface area contributed by atoms with Crippen molar-refractivity contribution >= 4 is 15.9 Å². The number of carbonyl (C=O) groups is 1. The third-order valence-corrected chi connectivity index (χ3v) is 5.76. The second kappa shape index (κ2) is 6.41. The molecule has 0 aliphatic carbocycles. The van der Waals surface area contributed by atoms with Gasteiger partial charge >= 0.3 is 0 Å². The number of piperidine rings is 2. The molecule has 2 aliphatic heterocycles. The number of nitrogens with one attached hydrogen (secondary N) is 1. The van der Waals surface area contributed by atoms with Crippen LogP contribution >= 0.6 is 0 Å². The predicted octanol–water partition coefficient (Wildman–Crippen LogP) is -0.0984. The lowest BCUT2D eigenvalue weighted by molar-refractivity contribution is -0.123. The van der Waals surface area contributed by atoms with Crippen LogP contribution in [0.4, 0.5) is 0 Å². The third-order valence-electron chi connectivity index (χ3n) is 4.49. The van der Waals surface area contributed by atoms with Gasteiger partial charge in [-0.3, -0.25) is 4.79 Å². The van der Waals surface area contributed by atoms with Crippen molar-refractivity contribution in [2.24, 2.45) is 17.6 Å². The number of rotatable bonds is 4. The van der Waals surface area contributed by atoms with Crippen LogP contribution in [-0.4, -0.2) is 50.6 Å². The first kappa shape index (κ1) is 15.7. The van der Waals surface area contributed by atoms with E-state index in [1.165, 1.54) is 6.26 Å². The van der Waals surface area contributed by atoms with Crippen molar-refractivity contribution in [1.82, 2.24) is 9.62 Å². The number of hydrogen-bond acceptors (Lipinski definition) is 4. The van der Waals surface area contributed by atoms with Gasteiger partial charge in [0.15, 0.2) is 0 Å². The molecule has 1 amide bonds. The normalized spacial score (nSPS) is 33.0. The molecular formula is C13H25N3O3S. The second-order valence-corrected chi connectivity index (χ2v) is 8.06. The summed E-state index contributed by atoms with van der Waals surface area (Å²) in [6, 6.07) is 0.103. The van der Waals surface area contributed by atoms with Gasteiger partial charge in [0.05, 0.1) is 12.2 Å². The first-order valence-electron chi connectivity index (χ1n) is 7.35. The fourth-order valence-corrected chi connectivity index (χ4v) is 4.36. The van der Waals surface area contributed by atoms with Gasteiger partial charge < -0.3 is 11.1 Å². The number of nitrogens with zero attached hydrogens (tertiary/aromatic N) is 1. The molecule has 2 heterocycles. The van der Waals surface area contributed by atoms with Crippen molar-refractivity contribution in [1.29, 1.82) is 0 Å². The summed E-state index contributed by atoms with van der Waals surface area (Å²) >= 11 is 0. The summed E-state index contributed by atoms with van der Waals surface area (Å²) < 4.78 is 24.8. The Kier molecular flexibility index (Phi) is 5.04. The van der Waals surface area contributed by atoms with Crippen LogP contribution in [0.5, 0.6) is 0 Å². The molecule has 116 valence electrons. The highest BCUT2D eigenvalue weighted by Crippen LogP contribution is 2.27. The number of sulfonamides is 1. The van der Waals surface area contributed by atoms with Crippen LogP contribution in [0.2, 0.25) is 0 Å². The van der Waals surface area contributed by atoms with Gasteiger partial charge in [0.25, 0.3) is 0 Å². The van der Waals surface area contributed by atoms with Crippen molar-refractivity contribution in [3.63, 3.8) is 0 Å². The van der Waals surface area contributed by atoms with Crippen LogP contribution in [0.15, 0.2) is 0 Å². The molecule has 3 atom stereocenters. The average Bonchev–Trinajstić information content (AvgIpc) is 2.38. The van der Waals surface area contributed by atoms with E-state index in [0.29, 0.717) is 19.0 Å². The Hall–Kier alpha value is -0.660. The van der Waals surface area contributed by atoms with E-state index in [-0.39, 0.29) is 17.9 Å². The van der Waals surface area contributed by atoms with Crippen LogP contribution in [-0.2, 0) is 14.8 Å². The molecule has 3 unspecified atom stereocenters. The topological polar surface area (TPSA) is 92.5 Å². The first-order chi connectivity index (χ1) is 9.38. The van der Waals surface area contributed by atoms with E-state index in [1.54, 1.807) is 4.31 Å². The highest BCUT2D eigenvalue weighted by molar-refractivity contribution is 7.88. The van der Waals surface area contributed by atoms with Gasteiger partial charge in [-0.15, -0.1) is 0 Å². The predicted molar refractivity (Wildman–Crippen MR) is 77.5 cm³/mol. The van der Waals surface area contributed by atoms with Gasteiger partial charge in [0.2, 0.25) is 15.9 Å². The Morgan fingerprint density at radius 3 is 2.75 bits per heavy atom. The largest absolute Gasteiger partial charge is 0.369 e. The molecule has 0 aromatic heterocycles. The zero-order valence-electron chi connectivity index (χ0n) is 12.0. The van der Waals surface area contributed by atoms with Gasteiger partial charge in [-0.1, -0.05) is 0 Å². The third kappa shape index (κ3) is 3.93. The number of hydrogen-bond donors (Lipinski definition) is 2. The molecule has 2 fully saturated rings. The summed E-state index contributed by atoms with van der Waals surface area (Å²) in [7, 11) is -3.11. The molecular weight excluding hydrogens is 278 g/mol. The summed E-state index contributed by atoms with van der Waals surface area (Å²) in [5.41, 5.74) is 5.47. The van der Waals surface area contributed by atoms with Gasteiger partial charge in [0, 0.05) is 19.1 Å². The summed E-state index contributed by atoms with van der Waals surface area (Å²) in [5.74, 6) is -0.0359. The maximum absolute atomic E-state index is 11.6.